The maximum Gasteiger partial charge on any atom is 0.191 e. The lowest BCUT2D eigenvalue weighted by atomic mass is 10.2. The summed E-state index contributed by atoms with van der Waals surface area (Å²) < 4.78 is 18.6. The fraction of sp³-hybridized carbons (Fsp3) is 0.611. The predicted octanol–water partition coefficient (Wildman–Crippen LogP) is 2.08. The lowest BCUT2D eigenvalue weighted by Gasteiger charge is -2.36. The van der Waals surface area contributed by atoms with E-state index in [1.165, 1.54) is 25.0 Å². The van der Waals surface area contributed by atoms with Gasteiger partial charge in [-0.05, 0) is 49.4 Å². The van der Waals surface area contributed by atoms with E-state index in [0.29, 0.717) is 12.5 Å². The van der Waals surface area contributed by atoms with Gasteiger partial charge in [0.15, 0.2) is 5.96 Å². The summed E-state index contributed by atoms with van der Waals surface area (Å²) in [6.45, 7) is 5.80. The van der Waals surface area contributed by atoms with Crippen LogP contribution in [0, 0.1) is 11.7 Å². The second kappa shape index (κ2) is 8.33. The third-order valence-corrected chi connectivity index (χ3v) is 4.57. The average Bonchev–Trinajstić information content (AvgIpc) is 3.43. The van der Waals surface area contributed by atoms with Gasteiger partial charge in [0.05, 0.1) is 0 Å². The summed E-state index contributed by atoms with van der Waals surface area (Å²) in [5, 5.41) is 0. The van der Waals surface area contributed by atoms with E-state index in [4.69, 9.17) is 10.5 Å². The third-order valence-electron chi connectivity index (χ3n) is 4.57. The maximum atomic E-state index is 13.0. The highest BCUT2D eigenvalue weighted by molar-refractivity contribution is 5.78. The van der Waals surface area contributed by atoms with Gasteiger partial charge in [-0.2, -0.15) is 0 Å². The molecular formula is C18H27FN4O. The van der Waals surface area contributed by atoms with E-state index in [9.17, 15) is 4.39 Å². The van der Waals surface area contributed by atoms with Crippen molar-refractivity contribution in [2.24, 2.45) is 16.6 Å². The average molecular weight is 334 g/mol. The first-order valence-electron chi connectivity index (χ1n) is 8.85. The molecular weight excluding hydrogens is 307 g/mol. The lowest BCUT2D eigenvalue weighted by Crippen LogP contribution is -2.51. The summed E-state index contributed by atoms with van der Waals surface area (Å²) in [6.07, 6.45) is 3.58. The van der Waals surface area contributed by atoms with Gasteiger partial charge >= 0.3 is 0 Å². The Hall–Kier alpha value is -1.82. The Balaban J connectivity index is 1.35. The minimum atomic E-state index is -0.199. The maximum absolute atomic E-state index is 13.0. The van der Waals surface area contributed by atoms with Gasteiger partial charge in [-0.25, -0.2) is 4.39 Å². The van der Waals surface area contributed by atoms with E-state index >= 15 is 0 Å². The highest BCUT2D eigenvalue weighted by Crippen LogP contribution is 2.28. The number of hydrogen-bond acceptors (Lipinski definition) is 3. The first-order valence-corrected chi connectivity index (χ1v) is 8.85. The molecule has 0 aromatic heterocycles. The van der Waals surface area contributed by atoms with Crippen molar-refractivity contribution in [2.75, 3.05) is 50.8 Å². The number of ether oxygens (including phenoxy) is 1. The van der Waals surface area contributed by atoms with Crippen LogP contribution < -0.4 is 10.6 Å². The van der Waals surface area contributed by atoms with Gasteiger partial charge in [0.25, 0.3) is 0 Å². The number of benzene rings is 1. The molecule has 5 nitrogen and oxygen atoms in total. The molecule has 1 aliphatic heterocycles. The number of rotatable bonds is 7. The molecule has 1 saturated carbocycles. The van der Waals surface area contributed by atoms with E-state index in [0.717, 1.165) is 57.4 Å². The number of nitrogens with zero attached hydrogens (tertiary/aromatic N) is 3. The van der Waals surface area contributed by atoms with E-state index in [1.807, 2.05) is 12.1 Å². The molecule has 0 amide bonds. The van der Waals surface area contributed by atoms with Crippen LogP contribution in [0.4, 0.5) is 10.1 Å². The molecule has 0 unspecified atom stereocenters. The van der Waals surface area contributed by atoms with Crippen LogP contribution >= 0.6 is 0 Å². The smallest absolute Gasteiger partial charge is 0.191 e. The van der Waals surface area contributed by atoms with Crippen molar-refractivity contribution >= 4 is 11.6 Å². The highest BCUT2D eigenvalue weighted by Gasteiger charge is 2.21. The van der Waals surface area contributed by atoms with Crippen LogP contribution in [0.15, 0.2) is 29.3 Å². The molecule has 0 spiro atoms. The summed E-state index contributed by atoms with van der Waals surface area (Å²) in [5.74, 6) is 1.24. The predicted molar refractivity (Wildman–Crippen MR) is 94.8 cm³/mol. The SMILES string of the molecule is NC(=NCCCOCC1CC1)N1CCN(c2ccc(F)cc2)CC1. The Morgan fingerprint density at radius 3 is 2.54 bits per heavy atom. The van der Waals surface area contributed by atoms with Gasteiger partial charge < -0.3 is 20.3 Å². The van der Waals surface area contributed by atoms with Gasteiger partial charge in [-0.15, -0.1) is 0 Å². The van der Waals surface area contributed by atoms with Crippen LogP contribution in [0.3, 0.4) is 0 Å². The van der Waals surface area contributed by atoms with E-state index in [2.05, 4.69) is 14.8 Å². The zero-order valence-electron chi connectivity index (χ0n) is 14.2. The lowest BCUT2D eigenvalue weighted by molar-refractivity contribution is 0.123. The van der Waals surface area contributed by atoms with E-state index in [1.54, 1.807) is 0 Å². The van der Waals surface area contributed by atoms with Crippen LogP contribution in [0.2, 0.25) is 0 Å². The summed E-state index contributed by atoms with van der Waals surface area (Å²) in [5.41, 5.74) is 7.15. The molecule has 1 aromatic carbocycles. The largest absolute Gasteiger partial charge is 0.381 e. The van der Waals surface area contributed by atoms with Crippen LogP contribution in [0.1, 0.15) is 19.3 Å². The topological polar surface area (TPSA) is 54.1 Å². The van der Waals surface area contributed by atoms with Gasteiger partial charge in [-0.1, -0.05) is 0 Å². The first-order chi connectivity index (χ1) is 11.7. The molecule has 1 heterocycles. The number of guanidine groups is 1. The fourth-order valence-corrected chi connectivity index (χ4v) is 2.84. The molecule has 6 heteroatoms. The van der Waals surface area contributed by atoms with Crippen molar-refractivity contribution in [1.29, 1.82) is 0 Å². The zero-order chi connectivity index (χ0) is 16.8. The van der Waals surface area contributed by atoms with Crippen molar-refractivity contribution in [3.05, 3.63) is 30.1 Å². The molecule has 2 aliphatic rings. The molecule has 0 radical (unpaired) electrons. The van der Waals surface area contributed by atoms with Crippen LogP contribution in [0.5, 0.6) is 0 Å². The number of anilines is 1. The first kappa shape index (κ1) is 17.0. The van der Waals surface area contributed by atoms with Crippen molar-refractivity contribution < 1.29 is 9.13 Å². The minimum Gasteiger partial charge on any atom is -0.381 e. The van der Waals surface area contributed by atoms with E-state index in [-0.39, 0.29) is 5.82 Å². The number of halogens is 1. The van der Waals surface area contributed by atoms with Crippen molar-refractivity contribution in [3.63, 3.8) is 0 Å². The molecule has 1 saturated heterocycles. The molecule has 2 N–H and O–H groups in total. The summed E-state index contributed by atoms with van der Waals surface area (Å²) in [7, 11) is 0. The molecule has 1 aromatic rings. The highest BCUT2D eigenvalue weighted by atomic mass is 19.1. The van der Waals surface area contributed by atoms with Gasteiger partial charge in [0, 0.05) is 51.6 Å². The molecule has 0 atom stereocenters. The number of hydrogen-bond donors (Lipinski definition) is 1. The fourth-order valence-electron chi connectivity index (χ4n) is 2.84. The second-order valence-corrected chi connectivity index (χ2v) is 6.56. The number of nitrogens with two attached hydrogens (primary N) is 1. The Morgan fingerprint density at radius 2 is 1.88 bits per heavy atom. The molecule has 0 bridgehead atoms. The second-order valence-electron chi connectivity index (χ2n) is 6.56. The van der Waals surface area contributed by atoms with Gasteiger partial charge in [-0.3, -0.25) is 4.99 Å². The van der Waals surface area contributed by atoms with Crippen LogP contribution in [-0.4, -0.2) is 56.8 Å². The van der Waals surface area contributed by atoms with Crippen LogP contribution in [0.25, 0.3) is 0 Å². The number of piperazine rings is 1. The number of aliphatic imine (C=N–C) groups is 1. The third kappa shape index (κ3) is 5.09. The quantitative estimate of drug-likeness (QED) is 0.471. The monoisotopic (exact) mass is 334 g/mol. The molecule has 132 valence electrons. The molecule has 2 fully saturated rings. The summed E-state index contributed by atoms with van der Waals surface area (Å²) in [4.78, 5) is 8.82. The molecule has 1 aliphatic carbocycles. The van der Waals surface area contributed by atoms with Gasteiger partial charge in [0.1, 0.15) is 5.82 Å². The van der Waals surface area contributed by atoms with Crippen molar-refractivity contribution in [2.45, 2.75) is 19.3 Å². The Bertz CT molecular complexity index is 536. The Morgan fingerprint density at radius 1 is 1.17 bits per heavy atom. The van der Waals surface area contributed by atoms with Crippen molar-refractivity contribution in [1.82, 2.24) is 4.90 Å². The van der Waals surface area contributed by atoms with Crippen molar-refractivity contribution in [3.8, 4) is 0 Å². The Kier molecular flexibility index (Phi) is 5.91. The normalized spacial score (nSPS) is 19.0. The minimum absolute atomic E-state index is 0.199. The molecule has 24 heavy (non-hydrogen) atoms. The van der Waals surface area contributed by atoms with Crippen LogP contribution in [-0.2, 0) is 4.74 Å². The Labute approximate surface area is 143 Å². The van der Waals surface area contributed by atoms with E-state index < -0.39 is 0 Å². The summed E-state index contributed by atoms with van der Waals surface area (Å²) >= 11 is 0. The zero-order valence-corrected chi connectivity index (χ0v) is 14.2. The summed E-state index contributed by atoms with van der Waals surface area (Å²) in [6, 6.07) is 6.65. The van der Waals surface area contributed by atoms with Gasteiger partial charge in [0.2, 0.25) is 0 Å². The standard InChI is InChI=1S/C18H27FN4O/c19-16-4-6-17(7-5-16)22-9-11-23(12-10-22)18(20)21-8-1-13-24-14-15-2-3-15/h4-7,15H,1-3,8-14H2,(H2,20,21). The molecule has 3 rings (SSSR count).